The molecule has 0 aliphatic rings. The van der Waals surface area contributed by atoms with Crippen molar-refractivity contribution in [2.75, 3.05) is 25.6 Å². The van der Waals surface area contributed by atoms with Crippen molar-refractivity contribution in [3.63, 3.8) is 0 Å². The van der Waals surface area contributed by atoms with Crippen LogP contribution in [0.15, 0.2) is 6.33 Å². The van der Waals surface area contributed by atoms with Gasteiger partial charge in [0.2, 0.25) is 0 Å². The Morgan fingerprint density at radius 3 is 2.75 bits per heavy atom. The first-order valence-corrected chi connectivity index (χ1v) is 5.27. The monoisotopic (exact) mass is 245 g/mol. The van der Waals surface area contributed by atoms with Gasteiger partial charge < -0.3 is 15.2 Å². The van der Waals surface area contributed by atoms with E-state index in [4.69, 9.17) is 21.4 Å². The Kier molecular flexibility index (Phi) is 4.32. The lowest BCUT2D eigenvalue weighted by molar-refractivity contribution is 0.170. The summed E-state index contributed by atoms with van der Waals surface area (Å²) in [6.07, 6.45) is 1.36. The van der Waals surface area contributed by atoms with Crippen LogP contribution in [0.4, 0.5) is 5.82 Å². The third-order valence-corrected chi connectivity index (χ3v) is 2.40. The number of hydrogen-bond acceptors (Lipinski definition) is 5. The van der Waals surface area contributed by atoms with Crippen molar-refractivity contribution < 1.29 is 9.84 Å². The molecule has 1 aromatic heterocycles. The first-order valence-electron chi connectivity index (χ1n) is 4.89. The largest absolute Gasteiger partial charge is 0.490 e. The predicted molar refractivity (Wildman–Crippen MR) is 63.0 cm³/mol. The van der Waals surface area contributed by atoms with Crippen molar-refractivity contribution in [3.05, 3.63) is 11.5 Å². The van der Waals surface area contributed by atoms with Crippen LogP contribution in [-0.4, -0.2) is 35.3 Å². The fourth-order valence-electron chi connectivity index (χ4n) is 1.04. The number of nitrogens with one attached hydrogen (secondary N) is 1. The molecule has 0 saturated heterocycles. The standard InChI is InChI=1S/C10H16ClN3O2/c1-10(2,5-15)4-12-9-7(16-3)8(11)13-6-14-9/h6,15H,4-5H2,1-3H3,(H,12,13,14). The molecular weight excluding hydrogens is 230 g/mol. The molecule has 0 spiro atoms. The summed E-state index contributed by atoms with van der Waals surface area (Å²) in [4.78, 5) is 7.85. The molecule has 0 saturated carbocycles. The number of aliphatic hydroxyl groups excluding tert-OH is 1. The Labute approximate surface area is 99.8 Å². The zero-order valence-electron chi connectivity index (χ0n) is 9.62. The van der Waals surface area contributed by atoms with Crippen LogP contribution in [-0.2, 0) is 0 Å². The molecule has 0 aliphatic heterocycles. The number of methoxy groups -OCH3 is 1. The first-order chi connectivity index (χ1) is 7.50. The van der Waals surface area contributed by atoms with E-state index in [0.29, 0.717) is 18.1 Å². The van der Waals surface area contributed by atoms with Crippen LogP contribution in [0, 0.1) is 5.41 Å². The normalized spacial score (nSPS) is 11.3. The number of ether oxygens (including phenoxy) is 1. The Bertz CT molecular complexity index is 358. The lowest BCUT2D eigenvalue weighted by Gasteiger charge is -2.22. The maximum absolute atomic E-state index is 9.12. The molecule has 0 radical (unpaired) electrons. The van der Waals surface area contributed by atoms with E-state index in [-0.39, 0.29) is 17.2 Å². The minimum absolute atomic E-state index is 0.0845. The molecule has 0 atom stereocenters. The molecule has 90 valence electrons. The highest BCUT2D eigenvalue weighted by atomic mass is 35.5. The maximum atomic E-state index is 9.12. The molecule has 0 fully saturated rings. The number of halogens is 1. The van der Waals surface area contributed by atoms with Crippen LogP contribution in [0.3, 0.4) is 0 Å². The van der Waals surface area contributed by atoms with E-state index in [2.05, 4.69) is 15.3 Å². The van der Waals surface area contributed by atoms with Gasteiger partial charge in [0.05, 0.1) is 7.11 Å². The Morgan fingerprint density at radius 2 is 2.19 bits per heavy atom. The molecule has 0 aliphatic carbocycles. The Balaban J connectivity index is 2.78. The number of nitrogens with zero attached hydrogens (tertiary/aromatic N) is 2. The second-order valence-electron chi connectivity index (χ2n) is 4.22. The summed E-state index contributed by atoms with van der Waals surface area (Å²) in [6.45, 7) is 4.53. The molecule has 1 aromatic rings. The summed E-state index contributed by atoms with van der Waals surface area (Å²) in [5.74, 6) is 0.946. The van der Waals surface area contributed by atoms with Gasteiger partial charge in [0, 0.05) is 18.6 Å². The summed E-state index contributed by atoms with van der Waals surface area (Å²) in [5.41, 5.74) is -0.234. The molecule has 6 heteroatoms. The second kappa shape index (κ2) is 5.32. The lowest BCUT2D eigenvalue weighted by atomic mass is 9.95. The summed E-state index contributed by atoms with van der Waals surface area (Å²) in [7, 11) is 1.51. The van der Waals surface area contributed by atoms with Gasteiger partial charge in [-0.25, -0.2) is 9.97 Å². The number of hydrogen-bond donors (Lipinski definition) is 2. The third-order valence-electron chi connectivity index (χ3n) is 2.13. The number of aliphatic hydroxyl groups is 1. The van der Waals surface area contributed by atoms with Gasteiger partial charge in [-0.1, -0.05) is 25.4 Å². The second-order valence-corrected chi connectivity index (χ2v) is 4.58. The minimum Gasteiger partial charge on any atom is -0.490 e. The molecule has 1 rings (SSSR count). The summed E-state index contributed by atoms with van der Waals surface area (Å²) < 4.78 is 5.09. The average Bonchev–Trinajstić information content (AvgIpc) is 2.26. The highest BCUT2D eigenvalue weighted by molar-refractivity contribution is 6.31. The SMILES string of the molecule is COc1c(Cl)ncnc1NCC(C)(C)CO. The van der Waals surface area contributed by atoms with E-state index in [1.54, 1.807) is 0 Å². The van der Waals surface area contributed by atoms with Crippen molar-refractivity contribution >= 4 is 17.4 Å². The van der Waals surface area contributed by atoms with Crippen LogP contribution in [0.1, 0.15) is 13.8 Å². The topological polar surface area (TPSA) is 67.3 Å². The predicted octanol–water partition coefficient (Wildman–Crippen LogP) is 1.57. The van der Waals surface area contributed by atoms with Gasteiger partial charge in [-0.3, -0.25) is 0 Å². The summed E-state index contributed by atoms with van der Waals surface area (Å²) in [6, 6.07) is 0. The van der Waals surface area contributed by atoms with Gasteiger partial charge in [0.1, 0.15) is 6.33 Å². The van der Waals surface area contributed by atoms with E-state index in [1.165, 1.54) is 13.4 Å². The van der Waals surface area contributed by atoms with Crippen LogP contribution in [0.5, 0.6) is 5.75 Å². The van der Waals surface area contributed by atoms with Crippen LogP contribution < -0.4 is 10.1 Å². The number of rotatable bonds is 5. The van der Waals surface area contributed by atoms with Crippen molar-refractivity contribution in [2.24, 2.45) is 5.41 Å². The van der Waals surface area contributed by atoms with Gasteiger partial charge in [-0.05, 0) is 0 Å². The van der Waals surface area contributed by atoms with Gasteiger partial charge in [-0.2, -0.15) is 0 Å². The van der Waals surface area contributed by atoms with Crippen LogP contribution in [0.25, 0.3) is 0 Å². The molecule has 0 unspecified atom stereocenters. The summed E-state index contributed by atoms with van der Waals surface area (Å²) in [5, 5.41) is 12.5. The first kappa shape index (κ1) is 13.0. The molecule has 0 aromatic carbocycles. The van der Waals surface area contributed by atoms with E-state index in [0.717, 1.165) is 0 Å². The van der Waals surface area contributed by atoms with E-state index < -0.39 is 0 Å². The van der Waals surface area contributed by atoms with E-state index in [9.17, 15) is 0 Å². The van der Waals surface area contributed by atoms with Crippen molar-refractivity contribution in [3.8, 4) is 5.75 Å². The molecule has 0 amide bonds. The minimum atomic E-state index is -0.234. The zero-order valence-corrected chi connectivity index (χ0v) is 10.4. The molecule has 16 heavy (non-hydrogen) atoms. The Hall–Kier alpha value is -1.07. The highest BCUT2D eigenvalue weighted by Gasteiger charge is 2.18. The van der Waals surface area contributed by atoms with Gasteiger partial charge in [-0.15, -0.1) is 0 Å². The maximum Gasteiger partial charge on any atom is 0.198 e. The highest BCUT2D eigenvalue weighted by Crippen LogP contribution is 2.29. The van der Waals surface area contributed by atoms with E-state index in [1.807, 2.05) is 13.8 Å². The van der Waals surface area contributed by atoms with Crippen molar-refractivity contribution in [2.45, 2.75) is 13.8 Å². The number of aromatic nitrogens is 2. The summed E-state index contributed by atoms with van der Waals surface area (Å²) >= 11 is 5.85. The van der Waals surface area contributed by atoms with Gasteiger partial charge in [0.25, 0.3) is 0 Å². The van der Waals surface area contributed by atoms with Crippen LogP contribution >= 0.6 is 11.6 Å². The van der Waals surface area contributed by atoms with Crippen molar-refractivity contribution in [1.29, 1.82) is 0 Å². The Morgan fingerprint density at radius 1 is 1.50 bits per heavy atom. The lowest BCUT2D eigenvalue weighted by Crippen LogP contribution is -2.27. The quantitative estimate of drug-likeness (QED) is 0.771. The molecule has 0 bridgehead atoms. The number of anilines is 1. The van der Waals surface area contributed by atoms with Gasteiger partial charge >= 0.3 is 0 Å². The zero-order chi connectivity index (χ0) is 12.2. The van der Waals surface area contributed by atoms with Gasteiger partial charge in [0.15, 0.2) is 16.7 Å². The smallest absolute Gasteiger partial charge is 0.198 e. The fourth-order valence-corrected chi connectivity index (χ4v) is 1.25. The molecule has 1 heterocycles. The van der Waals surface area contributed by atoms with Crippen molar-refractivity contribution in [1.82, 2.24) is 9.97 Å². The fraction of sp³-hybridized carbons (Fsp3) is 0.600. The third kappa shape index (κ3) is 3.21. The van der Waals surface area contributed by atoms with E-state index >= 15 is 0 Å². The average molecular weight is 246 g/mol. The molecular formula is C10H16ClN3O2. The van der Waals surface area contributed by atoms with Crippen LogP contribution in [0.2, 0.25) is 5.15 Å². The molecule has 5 nitrogen and oxygen atoms in total. The molecule has 2 N–H and O–H groups in total.